The monoisotopic (exact) mass is 281 g/mol. The Kier molecular flexibility index (Phi) is 5.88. The van der Waals surface area contributed by atoms with E-state index in [0.29, 0.717) is 5.41 Å². The van der Waals surface area contributed by atoms with Crippen LogP contribution >= 0.6 is 0 Å². The van der Waals surface area contributed by atoms with Crippen LogP contribution in [0.2, 0.25) is 0 Å². The van der Waals surface area contributed by atoms with Gasteiger partial charge in [0, 0.05) is 13.1 Å². The van der Waals surface area contributed by atoms with Crippen molar-refractivity contribution in [2.45, 2.75) is 39.5 Å². The van der Waals surface area contributed by atoms with Crippen LogP contribution in [0.3, 0.4) is 0 Å². The molecule has 0 aliphatic carbocycles. The van der Waals surface area contributed by atoms with E-state index in [1.54, 1.807) is 0 Å². The molecule has 0 saturated carbocycles. The molecule has 0 radical (unpaired) electrons. The number of hydrogen-bond acceptors (Lipinski definition) is 3. The summed E-state index contributed by atoms with van der Waals surface area (Å²) < 4.78 is 0. The average Bonchev–Trinajstić information content (AvgIpc) is 2.42. The molecule has 0 aromatic carbocycles. The molecule has 0 aromatic heterocycles. The van der Waals surface area contributed by atoms with E-state index in [9.17, 15) is 0 Å². The summed E-state index contributed by atoms with van der Waals surface area (Å²) in [4.78, 5) is 5.07. The molecular formula is C17H35N3. The molecule has 2 rings (SSSR count). The Morgan fingerprint density at radius 2 is 1.90 bits per heavy atom. The van der Waals surface area contributed by atoms with E-state index in [1.165, 1.54) is 65.0 Å². The van der Waals surface area contributed by atoms with Crippen molar-refractivity contribution < 1.29 is 0 Å². The van der Waals surface area contributed by atoms with E-state index in [2.05, 4.69) is 43.1 Å². The Bertz CT molecular complexity index is 276. The molecule has 3 heteroatoms. The number of rotatable bonds is 5. The predicted octanol–water partition coefficient (Wildman–Crippen LogP) is 2.29. The molecule has 0 bridgehead atoms. The molecule has 1 N–H and O–H groups in total. The summed E-state index contributed by atoms with van der Waals surface area (Å²) in [5.41, 5.74) is 0.438. The van der Waals surface area contributed by atoms with Gasteiger partial charge in [0.25, 0.3) is 0 Å². The van der Waals surface area contributed by atoms with E-state index in [4.69, 9.17) is 0 Å². The first-order valence-electron chi connectivity index (χ1n) is 8.55. The summed E-state index contributed by atoms with van der Waals surface area (Å²) in [5, 5.41) is 3.58. The molecule has 118 valence electrons. The molecule has 2 aliphatic rings. The molecular weight excluding hydrogens is 246 g/mol. The van der Waals surface area contributed by atoms with Gasteiger partial charge in [-0.15, -0.1) is 0 Å². The van der Waals surface area contributed by atoms with E-state index < -0.39 is 0 Å². The minimum atomic E-state index is 0.438. The van der Waals surface area contributed by atoms with Gasteiger partial charge in [-0.1, -0.05) is 13.8 Å². The van der Waals surface area contributed by atoms with Gasteiger partial charge in [0.1, 0.15) is 0 Å². The molecule has 2 heterocycles. The minimum Gasteiger partial charge on any atom is -0.316 e. The van der Waals surface area contributed by atoms with Gasteiger partial charge in [-0.25, -0.2) is 0 Å². The van der Waals surface area contributed by atoms with Gasteiger partial charge in [0.15, 0.2) is 0 Å². The molecule has 20 heavy (non-hydrogen) atoms. The molecule has 1 atom stereocenters. The van der Waals surface area contributed by atoms with Crippen molar-refractivity contribution in [3.05, 3.63) is 0 Å². The summed E-state index contributed by atoms with van der Waals surface area (Å²) in [7, 11) is 4.58. The molecule has 0 spiro atoms. The summed E-state index contributed by atoms with van der Waals surface area (Å²) in [6.07, 6.45) is 5.52. The highest BCUT2D eigenvalue weighted by Gasteiger charge is 2.32. The fourth-order valence-electron chi connectivity index (χ4n) is 4.09. The molecule has 3 nitrogen and oxygen atoms in total. The van der Waals surface area contributed by atoms with Crippen LogP contribution in [-0.4, -0.2) is 63.2 Å². The summed E-state index contributed by atoms with van der Waals surface area (Å²) in [6.45, 7) is 12.5. The topological polar surface area (TPSA) is 18.5 Å². The lowest BCUT2D eigenvalue weighted by Crippen LogP contribution is -2.45. The first-order valence-corrected chi connectivity index (χ1v) is 8.55. The van der Waals surface area contributed by atoms with Gasteiger partial charge in [-0.2, -0.15) is 0 Å². The maximum atomic E-state index is 3.58. The molecule has 0 amide bonds. The molecule has 2 aliphatic heterocycles. The van der Waals surface area contributed by atoms with Gasteiger partial charge in [-0.05, 0) is 83.2 Å². The van der Waals surface area contributed by atoms with Gasteiger partial charge in [-0.3, -0.25) is 0 Å². The number of piperidine rings is 2. The van der Waals surface area contributed by atoms with E-state index in [-0.39, 0.29) is 0 Å². The second kappa shape index (κ2) is 7.24. The third kappa shape index (κ3) is 4.71. The SMILES string of the molecule is CN1CCC(CN(C)CC(C)(C)C2CCCNC2)CC1. The van der Waals surface area contributed by atoms with Crippen molar-refractivity contribution >= 4 is 0 Å². The minimum absolute atomic E-state index is 0.438. The van der Waals surface area contributed by atoms with Crippen LogP contribution in [0.5, 0.6) is 0 Å². The molecule has 1 unspecified atom stereocenters. The summed E-state index contributed by atoms with van der Waals surface area (Å²) in [6, 6.07) is 0. The maximum Gasteiger partial charge on any atom is 0.00329 e. The van der Waals surface area contributed by atoms with E-state index in [0.717, 1.165) is 11.8 Å². The third-order valence-corrected chi connectivity index (χ3v) is 5.49. The van der Waals surface area contributed by atoms with Crippen molar-refractivity contribution in [2.75, 3.05) is 53.4 Å². The Morgan fingerprint density at radius 3 is 2.50 bits per heavy atom. The largest absolute Gasteiger partial charge is 0.316 e. The highest BCUT2D eigenvalue weighted by molar-refractivity contribution is 4.85. The first kappa shape index (κ1) is 16.3. The summed E-state index contributed by atoms with van der Waals surface area (Å²) >= 11 is 0. The van der Waals surface area contributed by atoms with Crippen LogP contribution < -0.4 is 5.32 Å². The third-order valence-electron chi connectivity index (χ3n) is 5.49. The smallest absolute Gasteiger partial charge is 0.00329 e. The van der Waals surface area contributed by atoms with Gasteiger partial charge in [0.2, 0.25) is 0 Å². The van der Waals surface area contributed by atoms with Crippen molar-refractivity contribution in [2.24, 2.45) is 17.3 Å². The van der Waals surface area contributed by atoms with Crippen LogP contribution in [0.1, 0.15) is 39.5 Å². The van der Waals surface area contributed by atoms with Crippen LogP contribution in [-0.2, 0) is 0 Å². The van der Waals surface area contributed by atoms with Crippen LogP contribution in [0.4, 0.5) is 0 Å². The lowest BCUT2D eigenvalue weighted by atomic mass is 9.74. The van der Waals surface area contributed by atoms with Crippen LogP contribution in [0.25, 0.3) is 0 Å². The highest BCUT2D eigenvalue weighted by atomic mass is 15.1. The maximum absolute atomic E-state index is 3.58. The Hall–Kier alpha value is -0.120. The van der Waals surface area contributed by atoms with Crippen molar-refractivity contribution in [3.63, 3.8) is 0 Å². The van der Waals surface area contributed by atoms with Crippen LogP contribution in [0, 0.1) is 17.3 Å². The number of hydrogen-bond donors (Lipinski definition) is 1. The lowest BCUT2D eigenvalue weighted by Gasteiger charge is -2.41. The van der Waals surface area contributed by atoms with Crippen molar-refractivity contribution in [3.8, 4) is 0 Å². The fourth-order valence-corrected chi connectivity index (χ4v) is 4.09. The van der Waals surface area contributed by atoms with Crippen molar-refractivity contribution in [1.82, 2.24) is 15.1 Å². The lowest BCUT2D eigenvalue weighted by molar-refractivity contribution is 0.0948. The number of nitrogens with zero attached hydrogens (tertiary/aromatic N) is 2. The number of nitrogens with one attached hydrogen (secondary N) is 1. The van der Waals surface area contributed by atoms with Gasteiger partial charge in [0.05, 0.1) is 0 Å². The quantitative estimate of drug-likeness (QED) is 0.834. The highest BCUT2D eigenvalue weighted by Crippen LogP contribution is 2.32. The first-order chi connectivity index (χ1) is 9.47. The van der Waals surface area contributed by atoms with Crippen molar-refractivity contribution in [1.29, 1.82) is 0 Å². The Morgan fingerprint density at radius 1 is 1.20 bits per heavy atom. The second-order valence-electron chi connectivity index (χ2n) is 7.98. The van der Waals surface area contributed by atoms with Gasteiger partial charge < -0.3 is 15.1 Å². The molecule has 0 aromatic rings. The summed E-state index contributed by atoms with van der Waals surface area (Å²) in [5.74, 6) is 1.76. The number of likely N-dealkylation sites (tertiary alicyclic amines) is 1. The standard InChI is InChI=1S/C17H35N3/c1-17(2,16-6-5-9-18-12-16)14-20(4)13-15-7-10-19(3)11-8-15/h15-16,18H,5-14H2,1-4H3. The Balaban J connectivity index is 1.76. The zero-order chi connectivity index (χ0) is 14.6. The van der Waals surface area contributed by atoms with Crippen LogP contribution in [0.15, 0.2) is 0 Å². The Labute approximate surface area is 126 Å². The second-order valence-corrected chi connectivity index (χ2v) is 7.98. The average molecular weight is 281 g/mol. The molecule has 2 fully saturated rings. The predicted molar refractivity (Wildman–Crippen MR) is 87.1 cm³/mol. The zero-order valence-corrected chi connectivity index (χ0v) is 14.1. The normalized spacial score (nSPS) is 27.1. The van der Waals surface area contributed by atoms with Gasteiger partial charge >= 0.3 is 0 Å². The van der Waals surface area contributed by atoms with E-state index >= 15 is 0 Å². The molecule has 2 saturated heterocycles. The zero-order valence-electron chi connectivity index (χ0n) is 14.1. The van der Waals surface area contributed by atoms with E-state index in [1.807, 2.05) is 0 Å². The fraction of sp³-hybridized carbons (Fsp3) is 1.00.